The highest BCUT2D eigenvalue weighted by atomic mass is 127. The van der Waals surface area contributed by atoms with Crippen molar-refractivity contribution in [2.24, 2.45) is 0 Å². The Labute approximate surface area is 141 Å². The van der Waals surface area contributed by atoms with Crippen molar-refractivity contribution in [1.82, 2.24) is 4.98 Å². The van der Waals surface area contributed by atoms with E-state index in [2.05, 4.69) is 39.8 Å². The van der Waals surface area contributed by atoms with Crippen LogP contribution in [0.3, 0.4) is 0 Å². The lowest BCUT2D eigenvalue weighted by atomic mass is 10.3. The number of benzene rings is 1. The SMILES string of the molecule is CCSc1ccc(NC(=O)COc2ccc(I)cc2)cn1. The third-order valence-electron chi connectivity index (χ3n) is 2.50. The Bertz CT molecular complexity index is 588. The number of amides is 1. The zero-order chi connectivity index (χ0) is 15.1. The monoisotopic (exact) mass is 414 g/mol. The van der Waals surface area contributed by atoms with Gasteiger partial charge in [0, 0.05) is 3.57 Å². The lowest BCUT2D eigenvalue weighted by molar-refractivity contribution is -0.118. The molecule has 0 saturated heterocycles. The Kier molecular flexibility index (Phi) is 6.31. The summed E-state index contributed by atoms with van der Waals surface area (Å²) in [5, 5.41) is 3.71. The minimum Gasteiger partial charge on any atom is -0.484 e. The molecule has 1 amide bonds. The van der Waals surface area contributed by atoms with Gasteiger partial charge in [-0.3, -0.25) is 4.79 Å². The van der Waals surface area contributed by atoms with E-state index in [0.717, 1.165) is 14.3 Å². The molecule has 2 rings (SSSR count). The second-order valence-corrected chi connectivity index (χ2v) is 6.64. The molecule has 2 aromatic rings. The van der Waals surface area contributed by atoms with Crippen LogP contribution in [0, 0.1) is 3.57 Å². The van der Waals surface area contributed by atoms with E-state index in [-0.39, 0.29) is 12.5 Å². The first-order chi connectivity index (χ1) is 10.2. The van der Waals surface area contributed by atoms with Crippen LogP contribution >= 0.6 is 34.4 Å². The van der Waals surface area contributed by atoms with Gasteiger partial charge in [0.05, 0.1) is 16.9 Å². The van der Waals surface area contributed by atoms with E-state index < -0.39 is 0 Å². The second kappa shape index (κ2) is 8.23. The normalized spacial score (nSPS) is 10.2. The molecular formula is C15H15IN2O2S. The van der Waals surface area contributed by atoms with Gasteiger partial charge < -0.3 is 10.1 Å². The first-order valence-electron chi connectivity index (χ1n) is 6.44. The molecule has 0 bridgehead atoms. The smallest absolute Gasteiger partial charge is 0.262 e. The summed E-state index contributed by atoms with van der Waals surface area (Å²) in [6, 6.07) is 11.3. The molecule has 1 heterocycles. The molecule has 0 radical (unpaired) electrons. The van der Waals surface area contributed by atoms with Crippen molar-refractivity contribution >= 4 is 45.9 Å². The minimum atomic E-state index is -0.203. The zero-order valence-corrected chi connectivity index (χ0v) is 14.5. The Balaban J connectivity index is 1.82. The number of ether oxygens (including phenoxy) is 1. The van der Waals surface area contributed by atoms with Gasteiger partial charge >= 0.3 is 0 Å². The van der Waals surface area contributed by atoms with Crippen molar-refractivity contribution in [1.29, 1.82) is 0 Å². The van der Waals surface area contributed by atoms with Crippen molar-refractivity contribution in [3.05, 3.63) is 46.2 Å². The molecule has 0 aliphatic rings. The number of pyridine rings is 1. The lowest BCUT2D eigenvalue weighted by Gasteiger charge is -2.07. The molecule has 6 heteroatoms. The van der Waals surface area contributed by atoms with Crippen molar-refractivity contribution < 1.29 is 9.53 Å². The number of carbonyl (C=O) groups excluding carboxylic acids is 1. The van der Waals surface area contributed by atoms with Crippen LogP contribution < -0.4 is 10.1 Å². The van der Waals surface area contributed by atoms with Gasteiger partial charge in [-0.1, -0.05) is 6.92 Å². The molecule has 0 spiro atoms. The molecule has 0 aliphatic carbocycles. The number of aromatic nitrogens is 1. The standard InChI is InChI=1S/C15H15IN2O2S/c1-2-21-15-8-5-12(9-17-15)18-14(19)10-20-13-6-3-11(16)4-7-13/h3-9H,2,10H2,1H3,(H,18,19). The van der Waals surface area contributed by atoms with Crippen LogP contribution in [0.1, 0.15) is 6.92 Å². The van der Waals surface area contributed by atoms with Crippen LogP contribution in [0.5, 0.6) is 5.75 Å². The van der Waals surface area contributed by atoms with Gasteiger partial charge in [0.15, 0.2) is 6.61 Å². The van der Waals surface area contributed by atoms with E-state index in [4.69, 9.17) is 4.74 Å². The van der Waals surface area contributed by atoms with Gasteiger partial charge in [0.2, 0.25) is 0 Å². The third-order valence-corrected chi connectivity index (χ3v) is 4.04. The molecular weight excluding hydrogens is 399 g/mol. The van der Waals surface area contributed by atoms with Gasteiger partial charge in [-0.2, -0.15) is 0 Å². The summed E-state index contributed by atoms with van der Waals surface area (Å²) in [4.78, 5) is 16.0. The number of hydrogen-bond donors (Lipinski definition) is 1. The Hall–Kier alpha value is -1.28. The lowest BCUT2D eigenvalue weighted by Crippen LogP contribution is -2.20. The number of rotatable bonds is 6. The molecule has 1 aromatic heterocycles. The molecule has 0 saturated carbocycles. The Morgan fingerprint density at radius 3 is 2.67 bits per heavy atom. The van der Waals surface area contributed by atoms with E-state index >= 15 is 0 Å². The van der Waals surface area contributed by atoms with Gasteiger partial charge in [-0.25, -0.2) is 4.98 Å². The van der Waals surface area contributed by atoms with Gasteiger partial charge in [-0.05, 0) is 64.7 Å². The fraction of sp³-hybridized carbons (Fsp3) is 0.200. The summed E-state index contributed by atoms with van der Waals surface area (Å²) in [7, 11) is 0. The number of nitrogens with one attached hydrogen (secondary N) is 1. The van der Waals surface area contributed by atoms with Gasteiger partial charge in [0.1, 0.15) is 5.75 Å². The number of nitrogens with zero attached hydrogens (tertiary/aromatic N) is 1. The maximum Gasteiger partial charge on any atom is 0.262 e. The fourth-order valence-electron chi connectivity index (χ4n) is 1.56. The highest BCUT2D eigenvalue weighted by Crippen LogP contribution is 2.17. The molecule has 0 fully saturated rings. The van der Waals surface area contributed by atoms with Crippen LogP contribution in [0.15, 0.2) is 47.6 Å². The summed E-state index contributed by atoms with van der Waals surface area (Å²) in [5.41, 5.74) is 0.673. The van der Waals surface area contributed by atoms with Crippen LogP contribution in [0.4, 0.5) is 5.69 Å². The average molecular weight is 414 g/mol. The number of hydrogen-bond acceptors (Lipinski definition) is 4. The largest absolute Gasteiger partial charge is 0.484 e. The third kappa shape index (κ3) is 5.55. The molecule has 1 aromatic carbocycles. The van der Waals surface area contributed by atoms with Crippen molar-refractivity contribution in [2.45, 2.75) is 11.9 Å². The second-order valence-electron chi connectivity index (χ2n) is 4.11. The zero-order valence-electron chi connectivity index (χ0n) is 11.5. The van der Waals surface area contributed by atoms with Crippen molar-refractivity contribution in [3.63, 3.8) is 0 Å². The molecule has 4 nitrogen and oxygen atoms in total. The topological polar surface area (TPSA) is 51.2 Å². The maximum absolute atomic E-state index is 11.8. The quantitative estimate of drug-likeness (QED) is 0.577. The molecule has 1 N–H and O–H groups in total. The van der Waals surface area contributed by atoms with E-state index in [9.17, 15) is 4.79 Å². The first kappa shape index (κ1) is 16.1. The maximum atomic E-state index is 11.8. The molecule has 0 unspecified atom stereocenters. The van der Waals surface area contributed by atoms with Crippen molar-refractivity contribution in [3.8, 4) is 5.75 Å². The molecule has 21 heavy (non-hydrogen) atoms. The van der Waals surface area contributed by atoms with E-state index in [1.54, 1.807) is 18.0 Å². The van der Waals surface area contributed by atoms with E-state index in [1.165, 1.54) is 0 Å². The van der Waals surface area contributed by atoms with Crippen LogP contribution in [-0.4, -0.2) is 23.3 Å². The van der Waals surface area contributed by atoms with Gasteiger partial charge in [-0.15, -0.1) is 11.8 Å². The number of halogens is 1. The Morgan fingerprint density at radius 2 is 2.05 bits per heavy atom. The summed E-state index contributed by atoms with van der Waals surface area (Å²) < 4.78 is 6.54. The summed E-state index contributed by atoms with van der Waals surface area (Å²) in [5.74, 6) is 1.45. The highest BCUT2D eigenvalue weighted by Gasteiger charge is 2.04. The molecule has 0 aliphatic heterocycles. The number of anilines is 1. The number of thioether (sulfide) groups is 1. The molecule has 110 valence electrons. The molecule has 0 atom stereocenters. The number of carbonyl (C=O) groups is 1. The first-order valence-corrected chi connectivity index (χ1v) is 8.51. The van der Waals surface area contributed by atoms with E-state index in [0.29, 0.717) is 11.4 Å². The van der Waals surface area contributed by atoms with Crippen LogP contribution in [0.25, 0.3) is 0 Å². The predicted molar refractivity (Wildman–Crippen MR) is 93.9 cm³/mol. The Morgan fingerprint density at radius 1 is 1.29 bits per heavy atom. The summed E-state index contributed by atoms with van der Waals surface area (Å²) >= 11 is 3.88. The fourth-order valence-corrected chi connectivity index (χ4v) is 2.51. The van der Waals surface area contributed by atoms with E-state index in [1.807, 2.05) is 36.4 Å². The average Bonchev–Trinajstić information content (AvgIpc) is 2.49. The minimum absolute atomic E-state index is 0.0218. The predicted octanol–water partition coefficient (Wildman–Crippen LogP) is 3.82. The van der Waals surface area contributed by atoms with Crippen LogP contribution in [0.2, 0.25) is 0 Å². The highest BCUT2D eigenvalue weighted by molar-refractivity contribution is 14.1. The summed E-state index contributed by atoms with van der Waals surface area (Å²) in [6.07, 6.45) is 1.65. The van der Waals surface area contributed by atoms with Crippen molar-refractivity contribution in [2.75, 3.05) is 17.7 Å². The van der Waals surface area contributed by atoms with Crippen LogP contribution in [-0.2, 0) is 4.79 Å². The van der Waals surface area contributed by atoms with Gasteiger partial charge in [0.25, 0.3) is 5.91 Å². The summed E-state index contributed by atoms with van der Waals surface area (Å²) in [6.45, 7) is 2.05.